The summed E-state index contributed by atoms with van der Waals surface area (Å²) in [6.07, 6.45) is -2.98. The number of hydrogen-bond acceptors (Lipinski definition) is 3. The number of halogens is 5. The number of hydrogen-bond donors (Lipinski definition) is 0. The van der Waals surface area contributed by atoms with Gasteiger partial charge >= 0.3 is 6.18 Å². The van der Waals surface area contributed by atoms with E-state index < -0.39 is 23.2 Å². The zero-order valence-corrected chi connectivity index (χ0v) is 10.4. The van der Waals surface area contributed by atoms with Gasteiger partial charge in [-0.15, -0.1) is 0 Å². The third kappa shape index (κ3) is 2.10. The molecule has 1 saturated carbocycles. The van der Waals surface area contributed by atoms with Gasteiger partial charge in [-0.05, 0) is 12.8 Å². The van der Waals surface area contributed by atoms with E-state index in [0.717, 1.165) is 12.4 Å². The van der Waals surface area contributed by atoms with Gasteiger partial charge in [0.1, 0.15) is 17.8 Å². The van der Waals surface area contributed by atoms with Crippen LogP contribution in [0.15, 0.2) is 12.4 Å². The number of rotatable bonds is 1. The van der Waals surface area contributed by atoms with E-state index in [4.69, 9.17) is 0 Å². The average Bonchev–Trinajstić information content (AvgIpc) is 2.88. The van der Waals surface area contributed by atoms with Crippen LogP contribution in [0.2, 0.25) is 0 Å². The molecule has 2 aliphatic rings. The first-order valence-electron chi connectivity index (χ1n) is 6.26. The normalized spacial score (nSPS) is 28.8. The molecular formula is C12H12F5N3. The lowest BCUT2D eigenvalue weighted by Crippen LogP contribution is -2.39. The predicted octanol–water partition coefficient (Wildman–Crippen LogP) is 3.12. The summed E-state index contributed by atoms with van der Waals surface area (Å²) in [6, 6.07) is 0.819. The van der Waals surface area contributed by atoms with Crippen LogP contribution in [0.25, 0.3) is 0 Å². The molecule has 0 amide bonds. The van der Waals surface area contributed by atoms with E-state index in [2.05, 4.69) is 9.97 Å². The molecule has 1 atom stereocenters. The van der Waals surface area contributed by atoms with Gasteiger partial charge in [0.25, 0.3) is 5.92 Å². The van der Waals surface area contributed by atoms with E-state index in [1.807, 2.05) is 0 Å². The minimum Gasteiger partial charge on any atom is -0.356 e. The lowest BCUT2D eigenvalue weighted by molar-refractivity contribution is -0.141. The molecule has 1 unspecified atom stereocenters. The molecule has 1 aliphatic carbocycles. The van der Waals surface area contributed by atoms with Crippen molar-refractivity contribution in [3.05, 3.63) is 18.1 Å². The molecule has 1 spiro atoms. The fraction of sp³-hybridized carbons (Fsp3) is 0.667. The molecule has 8 heteroatoms. The minimum absolute atomic E-state index is 0.0499. The summed E-state index contributed by atoms with van der Waals surface area (Å²) < 4.78 is 64.6. The van der Waals surface area contributed by atoms with Crippen molar-refractivity contribution >= 4 is 5.82 Å². The molecule has 1 aliphatic heterocycles. The molecule has 110 valence electrons. The third-order valence-corrected chi connectivity index (χ3v) is 4.06. The number of alkyl halides is 5. The van der Waals surface area contributed by atoms with Crippen molar-refractivity contribution in [2.45, 2.75) is 31.4 Å². The average molecular weight is 293 g/mol. The Bertz CT molecular complexity index is 530. The number of anilines is 1. The van der Waals surface area contributed by atoms with Gasteiger partial charge in [-0.25, -0.2) is 18.7 Å². The van der Waals surface area contributed by atoms with Gasteiger partial charge in [0, 0.05) is 25.6 Å². The first kappa shape index (κ1) is 13.5. The maximum Gasteiger partial charge on any atom is 0.433 e. The van der Waals surface area contributed by atoms with Gasteiger partial charge in [0.2, 0.25) is 0 Å². The van der Waals surface area contributed by atoms with E-state index in [1.54, 1.807) is 0 Å². The molecule has 0 aromatic carbocycles. The van der Waals surface area contributed by atoms with Crippen LogP contribution in [0.5, 0.6) is 0 Å². The van der Waals surface area contributed by atoms with Gasteiger partial charge in [-0.3, -0.25) is 0 Å². The monoisotopic (exact) mass is 293 g/mol. The molecule has 0 radical (unpaired) electrons. The molecule has 20 heavy (non-hydrogen) atoms. The third-order valence-electron chi connectivity index (χ3n) is 4.06. The van der Waals surface area contributed by atoms with Crippen LogP contribution in [0.4, 0.5) is 27.8 Å². The van der Waals surface area contributed by atoms with Gasteiger partial charge in [-0.2, -0.15) is 13.2 Å². The van der Waals surface area contributed by atoms with Crippen molar-refractivity contribution < 1.29 is 22.0 Å². The van der Waals surface area contributed by atoms with Crippen LogP contribution in [0, 0.1) is 5.41 Å². The molecule has 2 heterocycles. The lowest BCUT2D eigenvalue weighted by atomic mass is 9.94. The van der Waals surface area contributed by atoms with Crippen LogP contribution in [0.3, 0.4) is 0 Å². The van der Waals surface area contributed by atoms with Crippen molar-refractivity contribution in [3.63, 3.8) is 0 Å². The van der Waals surface area contributed by atoms with Crippen LogP contribution >= 0.6 is 0 Å². The topological polar surface area (TPSA) is 29.0 Å². The van der Waals surface area contributed by atoms with Crippen LogP contribution in [-0.2, 0) is 6.18 Å². The molecule has 1 saturated heterocycles. The highest BCUT2D eigenvalue weighted by molar-refractivity contribution is 5.42. The van der Waals surface area contributed by atoms with E-state index >= 15 is 0 Å². The van der Waals surface area contributed by atoms with E-state index in [0.29, 0.717) is 19.4 Å². The maximum atomic E-state index is 13.4. The first-order valence-corrected chi connectivity index (χ1v) is 6.26. The van der Waals surface area contributed by atoms with E-state index in [1.165, 1.54) is 4.90 Å². The molecular weight excluding hydrogens is 281 g/mol. The molecule has 2 fully saturated rings. The summed E-state index contributed by atoms with van der Waals surface area (Å²) in [7, 11) is 0. The molecule has 0 N–H and O–H groups in total. The Hall–Kier alpha value is -1.47. The highest BCUT2D eigenvalue weighted by atomic mass is 19.4. The highest BCUT2D eigenvalue weighted by Crippen LogP contribution is 2.64. The number of piperidine rings is 1. The fourth-order valence-electron chi connectivity index (χ4n) is 2.83. The number of nitrogens with zero attached hydrogens (tertiary/aromatic N) is 3. The SMILES string of the molecule is FC(F)(F)c1cc(N2CCCC3(C2)CC3(F)F)ncn1. The Morgan fingerprint density at radius 2 is 1.90 bits per heavy atom. The van der Waals surface area contributed by atoms with Crippen molar-refractivity contribution in [1.29, 1.82) is 0 Å². The van der Waals surface area contributed by atoms with E-state index in [-0.39, 0.29) is 18.8 Å². The summed E-state index contributed by atoms with van der Waals surface area (Å²) in [6.45, 7) is 0.487. The van der Waals surface area contributed by atoms with Crippen LogP contribution < -0.4 is 4.90 Å². The highest BCUT2D eigenvalue weighted by Gasteiger charge is 2.71. The molecule has 1 aromatic rings. The first-order chi connectivity index (χ1) is 9.24. The quantitative estimate of drug-likeness (QED) is 0.745. The van der Waals surface area contributed by atoms with Crippen LogP contribution in [0.1, 0.15) is 25.0 Å². The summed E-state index contributed by atoms with van der Waals surface area (Å²) in [4.78, 5) is 8.46. The molecule has 3 nitrogen and oxygen atoms in total. The lowest BCUT2D eigenvalue weighted by Gasteiger charge is -2.34. The zero-order chi connectivity index (χ0) is 14.6. The largest absolute Gasteiger partial charge is 0.433 e. The maximum absolute atomic E-state index is 13.4. The Balaban J connectivity index is 1.83. The van der Waals surface area contributed by atoms with Crippen LogP contribution in [-0.4, -0.2) is 29.0 Å². The Morgan fingerprint density at radius 1 is 1.20 bits per heavy atom. The van der Waals surface area contributed by atoms with Gasteiger partial charge in [0.15, 0.2) is 0 Å². The second-order valence-electron chi connectivity index (χ2n) is 5.45. The van der Waals surface area contributed by atoms with Crippen molar-refractivity contribution in [3.8, 4) is 0 Å². The Kier molecular flexibility index (Phi) is 2.71. The Morgan fingerprint density at radius 3 is 2.50 bits per heavy atom. The standard InChI is InChI=1S/C12H12F5N3/c13-11(14)5-10(11)2-1-3-20(6-10)9-4-8(12(15,16)17)18-7-19-9/h4,7H,1-3,5-6H2. The molecule has 3 rings (SSSR count). The van der Waals surface area contributed by atoms with Gasteiger partial charge in [-0.1, -0.05) is 0 Å². The van der Waals surface area contributed by atoms with Crippen molar-refractivity contribution in [2.75, 3.05) is 18.0 Å². The van der Waals surface area contributed by atoms with E-state index in [9.17, 15) is 22.0 Å². The molecule has 0 bridgehead atoms. The minimum atomic E-state index is -4.56. The predicted molar refractivity (Wildman–Crippen MR) is 60.5 cm³/mol. The van der Waals surface area contributed by atoms with Crippen molar-refractivity contribution in [1.82, 2.24) is 9.97 Å². The number of aromatic nitrogens is 2. The second-order valence-corrected chi connectivity index (χ2v) is 5.45. The second kappa shape index (κ2) is 4.02. The van der Waals surface area contributed by atoms with Crippen molar-refractivity contribution in [2.24, 2.45) is 5.41 Å². The summed E-state index contributed by atoms with van der Waals surface area (Å²) in [5.41, 5.74) is -2.13. The smallest absolute Gasteiger partial charge is 0.356 e. The zero-order valence-electron chi connectivity index (χ0n) is 10.4. The summed E-state index contributed by atoms with van der Waals surface area (Å²) in [5, 5.41) is 0. The molecule has 1 aromatic heterocycles. The van der Waals surface area contributed by atoms with Gasteiger partial charge in [0.05, 0.1) is 5.41 Å². The summed E-state index contributed by atoms with van der Waals surface area (Å²) in [5.74, 6) is -2.64. The Labute approximate surface area is 111 Å². The fourth-order valence-corrected chi connectivity index (χ4v) is 2.83. The van der Waals surface area contributed by atoms with Gasteiger partial charge < -0.3 is 4.90 Å². The summed E-state index contributed by atoms with van der Waals surface area (Å²) >= 11 is 0.